The summed E-state index contributed by atoms with van der Waals surface area (Å²) in [6.45, 7) is 0. The summed E-state index contributed by atoms with van der Waals surface area (Å²) in [6.07, 6.45) is 0. The van der Waals surface area contributed by atoms with Gasteiger partial charge in [-0.3, -0.25) is 0 Å². The maximum absolute atomic E-state index is 8.36. The van der Waals surface area contributed by atoms with E-state index in [1.54, 1.807) is 0 Å². The van der Waals surface area contributed by atoms with Crippen molar-refractivity contribution < 1.29 is 19.5 Å². The minimum absolute atomic E-state index is 0. The molecule has 34 valence electrons. The average molecular weight is 112 g/mol. The maximum atomic E-state index is 8.36. The molecule has 2 N–H and O–H groups in total. The third kappa shape index (κ3) is 11100. The van der Waals surface area contributed by atoms with Crippen molar-refractivity contribution in [1.29, 1.82) is 0 Å². The van der Waals surface area contributed by atoms with Gasteiger partial charge >= 0.3 is 34.2 Å². The molecule has 0 unspecified atom stereocenters. The van der Waals surface area contributed by atoms with Gasteiger partial charge in [-0.2, -0.15) is 0 Å². The van der Waals surface area contributed by atoms with E-state index in [1.807, 2.05) is 0 Å². The third-order valence-corrected chi connectivity index (χ3v) is 0. The zero-order valence-corrected chi connectivity index (χ0v) is 4.99. The molecule has 0 saturated carbocycles. The molecule has 0 aliphatic carbocycles. The second-order valence-electron chi connectivity index (χ2n) is 0.211. The van der Waals surface area contributed by atoms with Crippen LogP contribution in [-0.2, 0) is 9.41 Å². The van der Waals surface area contributed by atoms with Crippen LogP contribution in [0.15, 0.2) is 0 Å². The Kier molecular flexibility index (Phi) is 80.9. The van der Waals surface area contributed by atoms with Crippen LogP contribution in [-0.4, -0.2) is 47.8 Å². The molecule has 7 heavy (non-hydrogen) atoms. The summed E-state index contributed by atoms with van der Waals surface area (Å²) in [5.74, 6) is 0. The van der Waals surface area contributed by atoms with E-state index >= 15 is 0 Å². The van der Waals surface area contributed by atoms with Crippen molar-refractivity contribution in [2.75, 3.05) is 0 Å². The molecule has 0 spiro atoms. The Morgan fingerprint density at radius 3 is 1.00 bits per heavy atom. The van der Waals surface area contributed by atoms with Crippen LogP contribution in [0.4, 0.5) is 0 Å². The molecule has 0 aliphatic heterocycles. The molecule has 0 bridgehead atoms. The minimum Gasteiger partial charge on any atom is 0 e. The fourth-order valence-electron chi connectivity index (χ4n) is 0. The van der Waals surface area contributed by atoms with Gasteiger partial charge in [0, 0.05) is 23.1 Å². The molecular formula is H2B2MgO4. The standard InChI is InChI=1S/2BHO2.Mg/c2*2-1-3;/h2*2H;. The zero-order chi connectivity index (χ0) is 5.41. The van der Waals surface area contributed by atoms with Crippen LogP contribution in [0.2, 0.25) is 0 Å². The molecule has 2 radical (unpaired) electrons. The van der Waals surface area contributed by atoms with Gasteiger partial charge in [0.05, 0.1) is 0 Å². The molecular weight excluding hydrogens is 110 g/mol. The Bertz CT molecular complexity index is 30.7. The predicted octanol–water partition coefficient (Wildman–Crippen LogP) is -2.49. The van der Waals surface area contributed by atoms with Crippen molar-refractivity contribution in [3.63, 3.8) is 0 Å². The molecule has 0 aliphatic rings. The van der Waals surface area contributed by atoms with E-state index in [0.717, 1.165) is 0 Å². The molecule has 0 aromatic rings. The summed E-state index contributed by atoms with van der Waals surface area (Å²) >= 11 is 0. The Hall–Kier alpha value is 0.0961. The fraction of sp³-hybridized carbons (Fsp3) is 0. The van der Waals surface area contributed by atoms with Gasteiger partial charge in [-0.25, -0.2) is 0 Å². The molecule has 4 nitrogen and oxygen atoms in total. The van der Waals surface area contributed by atoms with Gasteiger partial charge in [-0.1, -0.05) is 0 Å². The Labute approximate surface area is 57.6 Å². The normalized spacial score (nSPS) is 2.29. The van der Waals surface area contributed by atoms with Crippen molar-refractivity contribution in [1.82, 2.24) is 0 Å². The zero-order valence-electron chi connectivity index (χ0n) is 3.57. The van der Waals surface area contributed by atoms with Crippen molar-refractivity contribution >= 4 is 37.8 Å². The molecule has 0 aromatic carbocycles. The van der Waals surface area contributed by atoms with E-state index in [0.29, 0.717) is 0 Å². The van der Waals surface area contributed by atoms with Gasteiger partial charge in [-0.15, -0.1) is 0 Å². The first kappa shape index (κ1) is 15.7. The summed E-state index contributed by atoms with van der Waals surface area (Å²) in [7, 11) is -0.500. The Morgan fingerprint density at radius 1 is 1.00 bits per heavy atom. The summed E-state index contributed by atoms with van der Waals surface area (Å²) in [6, 6.07) is 0. The maximum Gasteiger partial charge on any atom is 0 e. The van der Waals surface area contributed by atoms with Gasteiger partial charge in [0.1, 0.15) is 0 Å². The van der Waals surface area contributed by atoms with Gasteiger partial charge in [0.2, 0.25) is 0 Å². The quantitative estimate of drug-likeness (QED) is 0.340. The predicted molar refractivity (Wildman–Crippen MR) is 23.1 cm³/mol. The van der Waals surface area contributed by atoms with Crippen LogP contribution in [0.25, 0.3) is 0 Å². The summed E-state index contributed by atoms with van der Waals surface area (Å²) in [5, 5.41) is 13.8. The van der Waals surface area contributed by atoms with E-state index in [2.05, 4.69) is 0 Å². The van der Waals surface area contributed by atoms with Crippen LogP contribution in [0.1, 0.15) is 0 Å². The number of hydrogen-bond donors (Lipinski definition) is 2. The van der Waals surface area contributed by atoms with E-state index < -0.39 is 0 Å². The van der Waals surface area contributed by atoms with Crippen LogP contribution >= 0.6 is 0 Å². The SMILES string of the molecule is O=BO.O=BO.[Mg]. The first-order valence-electron chi connectivity index (χ1n) is 0.988. The Morgan fingerprint density at radius 2 is 1.00 bits per heavy atom. The monoisotopic (exact) mass is 112 g/mol. The average Bonchev–Trinajstić information content (AvgIpc) is 1.39. The van der Waals surface area contributed by atoms with Crippen LogP contribution in [0.3, 0.4) is 0 Å². The van der Waals surface area contributed by atoms with Crippen molar-refractivity contribution in [3.05, 3.63) is 0 Å². The van der Waals surface area contributed by atoms with E-state index in [4.69, 9.17) is 19.5 Å². The van der Waals surface area contributed by atoms with Crippen molar-refractivity contribution in [3.8, 4) is 0 Å². The molecule has 0 aromatic heterocycles. The number of rotatable bonds is 0. The first-order valence-corrected chi connectivity index (χ1v) is 0.988. The summed E-state index contributed by atoms with van der Waals surface area (Å²) in [4.78, 5) is 0. The molecule has 0 saturated heterocycles. The molecule has 0 fully saturated rings. The van der Waals surface area contributed by atoms with E-state index in [1.165, 1.54) is 0 Å². The fourth-order valence-corrected chi connectivity index (χ4v) is 0. The van der Waals surface area contributed by atoms with Crippen molar-refractivity contribution in [2.24, 2.45) is 0 Å². The van der Waals surface area contributed by atoms with E-state index in [-0.39, 0.29) is 37.8 Å². The topological polar surface area (TPSA) is 74.6 Å². The first-order chi connectivity index (χ1) is 2.83. The van der Waals surface area contributed by atoms with Gasteiger partial charge in [-0.05, 0) is 0 Å². The summed E-state index contributed by atoms with van der Waals surface area (Å²) in [5.41, 5.74) is 0. The third-order valence-electron chi connectivity index (χ3n) is 0. The van der Waals surface area contributed by atoms with Gasteiger partial charge in [0.25, 0.3) is 0 Å². The molecule has 0 rings (SSSR count). The molecule has 0 atom stereocenters. The summed E-state index contributed by atoms with van der Waals surface area (Å²) < 4.78 is 16.7. The minimum atomic E-state index is -0.250. The molecule has 0 amide bonds. The van der Waals surface area contributed by atoms with Crippen LogP contribution in [0.5, 0.6) is 0 Å². The second-order valence-corrected chi connectivity index (χ2v) is 0.211. The number of hydrogen-bond acceptors (Lipinski definition) is 2. The van der Waals surface area contributed by atoms with Crippen LogP contribution in [0, 0.1) is 0 Å². The van der Waals surface area contributed by atoms with Crippen LogP contribution < -0.4 is 0 Å². The smallest absolute Gasteiger partial charge is 0 e. The van der Waals surface area contributed by atoms with Crippen molar-refractivity contribution in [2.45, 2.75) is 0 Å². The van der Waals surface area contributed by atoms with Gasteiger partial charge < -0.3 is 0 Å². The second kappa shape index (κ2) is 36.0. The molecule has 7 heteroatoms. The largest absolute Gasteiger partial charge is 0 e. The Balaban J connectivity index is -0.0000000400. The molecule has 0 heterocycles. The van der Waals surface area contributed by atoms with E-state index in [9.17, 15) is 0 Å². The van der Waals surface area contributed by atoms with Gasteiger partial charge in [0.15, 0.2) is 0 Å².